The maximum absolute atomic E-state index is 4.14. The molecule has 0 atom stereocenters. The Bertz CT molecular complexity index is 380. The van der Waals surface area contributed by atoms with Crippen LogP contribution in [0.15, 0.2) is 24.9 Å². The standard InChI is InChI=1S/C7H7N4/c1-11-5-8-4-6-7(11)10-3-2-9-6/h2-5H,1H3/q+1. The van der Waals surface area contributed by atoms with E-state index in [0.717, 1.165) is 11.2 Å². The van der Waals surface area contributed by atoms with Crippen LogP contribution in [-0.4, -0.2) is 15.0 Å². The van der Waals surface area contributed by atoms with Gasteiger partial charge in [0.05, 0.1) is 13.2 Å². The van der Waals surface area contributed by atoms with E-state index in [4.69, 9.17) is 0 Å². The SMILES string of the molecule is C[n+]1cncc2nccnc21. The summed E-state index contributed by atoms with van der Waals surface area (Å²) in [5, 5.41) is 0. The first-order valence-electron chi connectivity index (χ1n) is 3.28. The molecule has 4 nitrogen and oxygen atoms in total. The molecule has 4 heteroatoms. The van der Waals surface area contributed by atoms with E-state index in [1.807, 2.05) is 11.6 Å². The monoisotopic (exact) mass is 147 g/mol. The molecule has 2 rings (SSSR count). The molecule has 11 heavy (non-hydrogen) atoms. The lowest BCUT2D eigenvalue weighted by Gasteiger charge is -1.91. The average Bonchev–Trinajstić information content (AvgIpc) is 2.06. The van der Waals surface area contributed by atoms with Crippen LogP contribution in [0.5, 0.6) is 0 Å². The van der Waals surface area contributed by atoms with Crippen molar-refractivity contribution in [1.29, 1.82) is 0 Å². The van der Waals surface area contributed by atoms with Crippen molar-refractivity contribution in [2.45, 2.75) is 0 Å². The lowest BCUT2D eigenvalue weighted by Crippen LogP contribution is -2.30. The smallest absolute Gasteiger partial charge is 0.244 e. The third-order valence-electron chi connectivity index (χ3n) is 1.48. The highest BCUT2D eigenvalue weighted by molar-refractivity contribution is 5.63. The number of aryl methyl sites for hydroxylation is 1. The van der Waals surface area contributed by atoms with Crippen LogP contribution in [0.3, 0.4) is 0 Å². The molecular formula is C7H7N4+. The van der Waals surface area contributed by atoms with Gasteiger partial charge < -0.3 is 0 Å². The lowest BCUT2D eigenvalue weighted by molar-refractivity contribution is -0.650. The molecule has 0 saturated carbocycles. The van der Waals surface area contributed by atoms with Crippen molar-refractivity contribution < 1.29 is 4.57 Å². The van der Waals surface area contributed by atoms with E-state index in [2.05, 4.69) is 15.0 Å². The van der Waals surface area contributed by atoms with E-state index >= 15 is 0 Å². The highest BCUT2D eigenvalue weighted by Gasteiger charge is 2.03. The summed E-state index contributed by atoms with van der Waals surface area (Å²) in [6, 6.07) is 0. The van der Waals surface area contributed by atoms with Gasteiger partial charge in [0.1, 0.15) is 12.4 Å². The van der Waals surface area contributed by atoms with Crippen LogP contribution in [0.2, 0.25) is 0 Å². The lowest BCUT2D eigenvalue weighted by atomic mass is 10.5. The normalized spacial score (nSPS) is 10.3. The second-order valence-electron chi connectivity index (χ2n) is 2.27. The van der Waals surface area contributed by atoms with Gasteiger partial charge in [-0.15, -0.1) is 9.97 Å². The molecule has 2 aromatic rings. The van der Waals surface area contributed by atoms with Crippen LogP contribution < -0.4 is 4.57 Å². The topological polar surface area (TPSA) is 42.5 Å². The Morgan fingerprint density at radius 1 is 1.27 bits per heavy atom. The largest absolute Gasteiger partial charge is 0.291 e. The number of fused-ring (bicyclic) bond motifs is 1. The van der Waals surface area contributed by atoms with Crippen molar-refractivity contribution in [2.75, 3.05) is 0 Å². The van der Waals surface area contributed by atoms with Gasteiger partial charge in [-0.25, -0.2) is 9.55 Å². The Kier molecular flexibility index (Phi) is 1.25. The van der Waals surface area contributed by atoms with Gasteiger partial charge in [-0.2, -0.15) is 0 Å². The Hall–Kier alpha value is -1.58. The predicted molar refractivity (Wildman–Crippen MR) is 38.5 cm³/mol. The van der Waals surface area contributed by atoms with Crippen LogP contribution >= 0.6 is 0 Å². The minimum absolute atomic E-state index is 0.817. The molecule has 2 heterocycles. The first-order chi connectivity index (χ1) is 5.38. The highest BCUT2D eigenvalue weighted by atomic mass is 15.1. The maximum atomic E-state index is 4.14. The molecule has 0 aliphatic carbocycles. The van der Waals surface area contributed by atoms with Gasteiger partial charge in [0, 0.05) is 0 Å². The summed E-state index contributed by atoms with van der Waals surface area (Å²) in [7, 11) is 1.89. The van der Waals surface area contributed by atoms with Gasteiger partial charge >= 0.3 is 0 Å². The number of nitrogens with zero attached hydrogens (tertiary/aromatic N) is 4. The van der Waals surface area contributed by atoms with Crippen LogP contribution in [0, 0.1) is 0 Å². The Labute approximate surface area is 63.6 Å². The van der Waals surface area contributed by atoms with Gasteiger partial charge in [-0.3, -0.25) is 0 Å². The minimum Gasteiger partial charge on any atom is -0.244 e. The van der Waals surface area contributed by atoms with Crippen molar-refractivity contribution in [3.63, 3.8) is 0 Å². The van der Waals surface area contributed by atoms with Crippen LogP contribution in [-0.2, 0) is 7.05 Å². The maximum Gasteiger partial charge on any atom is 0.291 e. The van der Waals surface area contributed by atoms with E-state index < -0.39 is 0 Å². The second-order valence-corrected chi connectivity index (χ2v) is 2.27. The summed E-state index contributed by atoms with van der Waals surface area (Å²) in [5.41, 5.74) is 1.67. The zero-order valence-corrected chi connectivity index (χ0v) is 6.10. The first kappa shape index (κ1) is 6.15. The van der Waals surface area contributed by atoms with Gasteiger partial charge in [-0.05, 0) is 0 Å². The molecule has 0 spiro atoms. The van der Waals surface area contributed by atoms with E-state index in [0.29, 0.717) is 0 Å². The fourth-order valence-corrected chi connectivity index (χ4v) is 0.963. The summed E-state index contributed by atoms with van der Waals surface area (Å²) in [6.07, 6.45) is 6.73. The summed E-state index contributed by atoms with van der Waals surface area (Å²) in [5.74, 6) is 0. The molecular weight excluding hydrogens is 140 g/mol. The fourth-order valence-electron chi connectivity index (χ4n) is 0.963. The molecule has 0 aromatic carbocycles. The molecule has 0 saturated heterocycles. The van der Waals surface area contributed by atoms with Crippen LogP contribution in [0.1, 0.15) is 0 Å². The van der Waals surface area contributed by atoms with Gasteiger partial charge in [-0.1, -0.05) is 0 Å². The van der Waals surface area contributed by atoms with Crippen molar-refractivity contribution in [3.05, 3.63) is 24.9 Å². The molecule has 0 fully saturated rings. The summed E-state index contributed by atoms with van der Waals surface area (Å²) >= 11 is 0. The minimum atomic E-state index is 0.817. The van der Waals surface area contributed by atoms with Gasteiger partial charge in [0.25, 0.3) is 5.65 Å². The highest BCUT2D eigenvalue weighted by Crippen LogP contribution is 1.96. The Morgan fingerprint density at radius 2 is 2.09 bits per heavy atom. The Balaban J connectivity index is 2.91. The van der Waals surface area contributed by atoms with E-state index in [-0.39, 0.29) is 0 Å². The zero-order valence-electron chi connectivity index (χ0n) is 6.10. The van der Waals surface area contributed by atoms with Crippen molar-refractivity contribution >= 4 is 11.2 Å². The number of aromatic nitrogens is 4. The van der Waals surface area contributed by atoms with Crippen LogP contribution in [0.4, 0.5) is 0 Å². The molecule has 0 N–H and O–H groups in total. The van der Waals surface area contributed by atoms with Gasteiger partial charge in [0.15, 0.2) is 5.52 Å². The van der Waals surface area contributed by atoms with Crippen molar-refractivity contribution in [2.24, 2.45) is 7.05 Å². The van der Waals surface area contributed by atoms with Gasteiger partial charge in [0.2, 0.25) is 6.33 Å². The number of hydrogen-bond donors (Lipinski definition) is 0. The summed E-state index contributed by atoms with van der Waals surface area (Å²) < 4.78 is 1.84. The summed E-state index contributed by atoms with van der Waals surface area (Å²) in [6.45, 7) is 0. The zero-order chi connectivity index (χ0) is 7.68. The summed E-state index contributed by atoms with van der Waals surface area (Å²) in [4.78, 5) is 12.2. The van der Waals surface area contributed by atoms with E-state index in [9.17, 15) is 0 Å². The molecule has 54 valence electrons. The van der Waals surface area contributed by atoms with Crippen molar-refractivity contribution in [1.82, 2.24) is 15.0 Å². The second kappa shape index (κ2) is 2.23. The van der Waals surface area contributed by atoms with Crippen molar-refractivity contribution in [3.8, 4) is 0 Å². The number of rotatable bonds is 0. The molecule has 0 radical (unpaired) electrons. The quantitative estimate of drug-likeness (QED) is 0.487. The molecule has 0 amide bonds. The average molecular weight is 147 g/mol. The predicted octanol–water partition coefficient (Wildman–Crippen LogP) is -0.151. The third-order valence-corrected chi connectivity index (χ3v) is 1.48. The van der Waals surface area contributed by atoms with Crippen LogP contribution in [0.25, 0.3) is 11.2 Å². The fraction of sp³-hybridized carbons (Fsp3) is 0.143. The molecule has 0 unspecified atom stereocenters. The molecule has 0 aliphatic heterocycles. The van der Waals surface area contributed by atoms with E-state index in [1.54, 1.807) is 24.9 Å². The molecule has 0 bridgehead atoms. The third kappa shape index (κ3) is 0.920. The molecule has 0 aliphatic rings. The Morgan fingerprint density at radius 3 is 2.91 bits per heavy atom. The number of hydrogen-bond acceptors (Lipinski definition) is 3. The first-order valence-corrected chi connectivity index (χ1v) is 3.28. The van der Waals surface area contributed by atoms with E-state index in [1.165, 1.54) is 0 Å². The molecule has 2 aromatic heterocycles.